The van der Waals surface area contributed by atoms with E-state index in [-0.39, 0.29) is 0 Å². The summed E-state index contributed by atoms with van der Waals surface area (Å²) in [7, 11) is -3.10. The Labute approximate surface area is 154 Å². The summed E-state index contributed by atoms with van der Waals surface area (Å²) in [4.78, 5) is 2.23. The van der Waals surface area contributed by atoms with Crippen molar-refractivity contribution < 1.29 is 8.42 Å². The number of aromatic nitrogens is 2. The minimum absolute atomic E-state index is 0.521. The van der Waals surface area contributed by atoms with Crippen LogP contribution in [0.1, 0.15) is 16.8 Å². The van der Waals surface area contributed by atoms with Crippen LogP contribution >= 0.6 is 11.6 Å². The van der Waals surface area contributed by atoms with Crippen molar-refractivity contribution in [2.75, 3.05) is 32.4 Å². The van der Waals surface area contributed by atoms with Gasteiger partial charge in [-0.1, -0.05) is 41.9 Å². The fraction of sp³-hybridized carbons (Fsp3) is 0.471. The fourth-order valence-electron chi connectivity index (χ4n) is 3.07. The number of hydrogen-bond acceptors (Lipinski definition) is 4. The molecule has 0 spiro atoms. The zero-order chi connectivity index (χ0) is 18.0. The highest BCUT2D eigenvalue weighted by Crippen LogP contribution is 2.23. The molecule has 0 bridgehead atoms. The highest BCUT2D eigenvalue weighted by atomic mass is 35.5. The number of halogens is 1. The molecule has 1 aromatic carbocycles. The van der Waals surface area contributed by atoms with Gasteiger partial charge in [-0.15, -0.1) is 0 Å². The Balaban J connectivity index is 1.68. The highest BCUT2D eigenvalue weighted by Gasteiger charge is 2.25. The average molecular weight is 383 g/mol. The molecule has 136 valence electrons. The Morgan fingerprint density at radius 2 is 1.72 bits per heavy atom. The Kier molecular flexibility index (Phi) is 5.48. The fourth-order valence-corrected chi connectivity index (χ4v) is 4.19. The second-order valence-corrected chi connectivity index (χ2v) is 8.78. The van der Waals surface area contributed by atoms with E-state index in [0.29, 0.717) is 44.4 Å². The van der Waals surface area contributed by atoms with Gasteiger partial charge in [0, 0.05) is 38.3 Å². The van der Waals surface area contributed by atoms with E-state index in [1.54, 1.807) is 0 Å². The zero-order valence-electron chi connectivity index (χ0n) is 14.5. The third-order valence-electron chi connectivity index (χ3n) is 4.54. The van der Waals surface area contributed by atoms with Gasteiger partial charge < -0.3 is 0 Å². The van der Waals surface area contributed by atoms with Gasteiger partial charge in [0.25, 0.3) is 0 Å². The summed E-state index contributed by atoms with van der Waals surface area (Å²) in [6.45, 7) is 5.75. The van der Waals surface area contributed by atoms with E-state index in [1.807, 2.05) is 29.8 Å². The van der Waals surface area contributed by atoms with Gasteiger partial charge in [-0.3, -0.25) is 4.90 Å². The van der Waals surface area contributed by atoms with Crippen LogP contribution in [0.15, 0.2) is 30.3 Å². The molecule has 0 amide bonds. The molecule has 0 N–H and O–H groups in total. The molecule has 2 heterocycles. The van der Waals surface area contributed by atoms with Crippen LogP contribution in [0.3, 0.4) is 0 Å². The molecule has 0 saturated carbocycles. The monoisotopic (exact) mass is 382 g/mol. The Bertz CT molecular complexity index is 828. The normalized spacial score (nSPS) is 17.1. The number of sulfonamides is 1. The van der Waals surface area contributed by atoms with Crippen LogP contribution in [0.4, 0.5) is 0 Å². The minimum Gasteiger partial charge on any atom is -0.296 e. The number of benzene rings is 1. The lowest BCUT2D eigenvalue weighted by molar-refractivity contribution is 0.182. The lowest BCUT2D eigenvalue weighted by Crippen LogP contribution is -2.47. The number of nitrogens with zero attached hydrogens (tertiary/aromatic N) is 4. The first-order valence-electron chi connectivity index (χ1n) is 8.28. The van der Waals surface area contributed by atoms with E-state index < -0.39 is 10.0 Å². The van der Waals surface area contributed by atoms with E-state index in [9.17, 15) is 8.42 Å². The summed E-state index contributed by atoms with van der Waals surface area (Å²) in [5, 5.41) is 5.24. The molecule has 25 heavy (non-hydrogen) atoms. The van der Waals surface area contributed by atoms with Crippen LogP contribution < -0.4 is 0 Å². The van der Waals surface area contributed by atoms with Gasteiger partial charge in [0.2, 0.25) is 10.0 Å². The molecule has 3 rings (SSSR count). The number of hydrogen-bond donors (Lipinski definition) is 0. The number of piperazine rings is 1. The molecule has 8 heteroatoms. The summed E-state index contributed by atoms with van der Waals surface area (Å²) in [5.41, 5.74) is 3.09. The van der Waals surface area contributed by atoms with Crippen molar-refractivity contribution in [1.29, 1.82) is 0 Å². The molecule has 0 aliphatic carbocycles. The molecular weight excluding hydrogens is 360 g/mol. The van der Waals surface area contributed by atoms with Crippen molar-refractivity contribution in [3.05, 3.63) is 52.3 Å². The van der Waals surface area contributed by atoms with Crippen molar-refractivity contribution in [3.8, 4) is 0 Å². The summed E-state index contributed by atoms with van der Waals surface area (Å²) in [6, 6.07) is 10.1. The van der Waals surface area contributed by atoms with Crippen LogP contribution in [-0.2, 0) is 23.1 Å². The second-order valence-electron chi connectivity index (χ2n) is 6.44. The summed E-state index contributed by atoms with van der Waals surface area (Å²) >= 11 is 6.57. The van der Waals surface area contributed by atoms with Gasteiger partial charge >= 0.3 is 0 Å². The zero-order valence-corrected chi connectivity index (χ0v) is 16.1. The molecule has 1 aromatic heterocycles. The standard InChI is InChI=1S/C17H23ClN4O2S/c1-14-16(13-20-8-10-21(11-9-20)25(2,23)24)17(18)22(19-14)12-15-6-4-3-5-7-15/h3-7H,8-13H2,1-2H3. The molecule has 6 nitrogen and oxygen atoms in total. The molecule has 1 aliphatic heterocycles. The van der Waals surface area contributed by atoms with Crippen LogP contribution in [0.25, 0.3) is 0 Å². The lowest BCUT2D eigenvalue weighted by Gasteiger charge is -2.33. The smallest absolute Gasteiger partial charge is 0.211 e. The van der Waals surface area contributed by atoms with Crippen molar-refractivity contribution in [2.24, 2.45) is 0 Å². The van der Waals surface area contributed by atoms with Crippen LogP contribution in [-0.4, -0.2) is 59.8 Å². The van der Waals surface area contributed by atoms with Crippen LogP contribution in [0, 0.1) is 6.92 Å². The minimum atomic E-state index is -3.10. The first kappa shape index (κ1) is 18.4. The van der Waals surface area contributed by atoms with Crippen molar-refractivity contribution in [2.45, 2.75) is 20.0 Å². The highest BCUT2D eigenvalue weighted by molar-refractivity contribution is 7.88. The first-order chi connectivity index (χ1) is 11.8. The predicted molar refractivity (Wildman–Crippen MR) is 99.2 cm³/mol. The molecule has 1 saturated heterocycles. The van der Waals surface area contributed by atoms with Gasteiger partial charge in [-0.2, -0.15) is 9.40 Å². The van der Waals surface area contributed by atoms with Gasteiger partial charge in [0.05, 0.1) is 18.5 Å². The molecule has 1 aliphatic rings. The van der Waals surface area contributed by atoms with E-state index in [1.165, 1.54) is 10.6 Å². The summed E-state index contributed by atoms with van der Waals surface area (Å²) < 4.78 is 26.6. The second kappa shape index (κ2) is 7.45. The first-order valence-corrected chi connectivity index (χ1v) is 10.5. The molecule has 0 atom stereocenters. The number of rotatable bonds is 5. The van der Waals surface area contributed by atoms with E-state index >= 15 is 0 Å². The summed E-state index contributed by atoms with van der Waals surface area (Å²) in [6.07, 6.45) is 1.26. The average Bonchev–Trinajstić information content (AvgIpc) is 2.83. The van der Waals surface area contributed by atoms with E-state index in [0.717, 1.165) is 16.8 Å². The molecule has 2 aromatic rings. The molecule has 1 fully saturated rings. The third-order valence-corrected chi connectivity index (χ3v) is 6.27. The van der Waals surface area contributed by atoms with Crippen LogP contribution in [0.5, 0.6) is 0 Å². The Morgan fingerprint density at radius 1 is 1.08 bits per heavy atom. The van der Waals surface area contributed by atoms with Crippen molar-refractivity contribution in [1.82, 2.24) is 19.0 Å². The Morgan fingerprint density at radius 3 is 2.32 bits per heavy atom. The van der Waals surface area contributed by atoms with Crippen LogP contribution in [0.2, 0.25) is 5.15 Å². The maximum Gasteiger partial charge on any atom is 0.211 e. The predicted octanol–water partition coefficient (Wildman–Crippen LogP) is 1.97. The largest absolute Gasteiger partial charge is 0.296 e. The van der Waals surface area contributed by atoms with Gasteiger partial charge in [-0.05, 0) is 12.5 Å². The van der Waals surface area contributed by atoms with Crippen molar-refractivity contribution >= 4 is 21.6 Å². The maximum absolute atomic E-state index is 11.6. The maximum atomic E-state index is 11.6. The van der Waals surface area contributed by atoms with Gasteiger partial charge in [0.1, 0.15) is 5.15 Å². The van der Waals surface area contributed by atoms with Gasteiger partial charge in [0.15, 0.2) is 0 Å². The van der Waals surface area contributed by atoms with Crippen molar-refractivity contribution in [3.63, 3.8) is 0 Å². The van der Waals surface area contributed by atoms with Gasteiger partial charge in [-0.25, -0.2) is 13.1 Å². The van der Waals surface area contributed by atoms with E-state index in [2.05, 4.69) is 22.1 Å². The number of aryl methyl sites for hydroxylation is 1. The topological polar surface area (TPSA) is 58.4 Å². The molecular formula is C17H23ClN4O2S. The Hall–Kier alpha value is -1.41. The molecule has 0 radical (unpaired) electrons. The van der Waals surface area contributed by atoms with E-state index in [4.69, 9.17) is 11.6 Å². The SMILES string of the molecule is Cc1nn(Cc2ccccc2)c(Cl)c1CN1CCN(S(C)(=O)=O)CC1. The third kappa shape index (κ3) is 4.41. The molecule has 0 unspecified atom stereocenters. The summed E-state index contributed by atoms with van der Waals surface area (Å²) in [5.74, 6) is 0. The quantitative estimate of drug-likeness (QED) is 0.793. The lowest BCUT2D eigenvalue weighted by atomic mass is 10.2.